The Bertz CT molecular complexity index is 440. The molecule has 2 saturated heterocycles. The predicted octanol–water partition coefficient (Wildman–Crippen LogP) is 0.139. The third-order valence-electron chi connectivity index (χ3n) is 3.71. The van der Waals surface area contributed by atoms with Gasteiger partial charge in [0.05, 0.1) is 13.2 Å². The number of ether oxygens (including phenoxy) is 4. The smallest absolute Gasteiger partial charge is 0.303 e. The summed E-state index contributed by atoms with van der Waals surface area (Å²) in [7, 11) is 0. The first-order valence-electron chi connectivity index (χ1n) is 6.40. The molecule has 0 aromatic carbocycles. The summed E-state index contributed by atoms with van der Waals surface area (Å²) in [5.74, 6) is -1.05. The van der Waals surface area contributed by atoms with Gasteiger partial charge in [-0.2, -0.15) is 0 Å². The van der Waals surface area contributed by atoms with E-state index in [0.29, 0.717) is 12.2 Å². The Morgan fingerprint density at radius 3 is 2.84 bits per heavy atom. The standard InChI is InChI=1S/C13H18O6/c1-6(15)17-9-7(4-14)8-5-16-13(2,3)19-10(8)12-11(9)18-12/h9-12,14H,4-5H2,1-3H3/t9-,10-,11-,12+/m0/s1. The van der Waals surface area contributed by atoms with Gasteiger partial charge in [-0.15, -0.1) is 0 Å². The van der Waals surface area contributed by atoms with E-state index < -0.39 is 11.9 Å². The maximum atomic E-state index is 11.2. The quantitative estimate of drug-likeness (QED) is 0.437. The molecular weight excluding hydrogens is 252 g/mol. The van der Waals surface area contributed by atoms with Crippen molar-refractivity contribution < 1.29 is 28.8 Å². The SMILES string of the molecule is CC(=O)O[C@H]1C(CO)=C2COC(C)(C)O[C@@H]2[C@H]2O[C@H]21. The summed E-state index contributed by atoms with van der Waals surface area (Å²) in [5.41, 5.74) is 1.49. The molecule has 0 aromatic rings. The lowest BCUT2D eigenvalue weighted by Gasteiger charge is -2.40. The largest absolute Gasteiger partial charge is 0.455 e. The molecule has 6 heteroatoms. The number of carbonyl (C=O) groups is 1. The van der Waals surface area contributed by atoms with E-state index in [-0.39, 0.29) is 30.9 Å². The molecule has 0 aromatic heterocycles. The molecule has 0 radical (unpaired) electrons. The van der Waals surface area contributed by atoms with Crippen LogP contribution in [0.15, 0.2) is 11.1 Å². The van der Waals surface area contributed by atoms with Crippen molar-refractivity contribution in [2.45, 2.75) is 51.0 Å². The second kappa shape index (κ2) is 4.28. The molecule has 19 heavy (non-hydrogen) atoms. The van der Waals surface area contributed by atoms with Crippen LogP contribution in [-0.2, 0) is 23.7 Å². The molecule has 0 saturated carbocycles. The van der Waals surface area contributed by atoms with E-state index in [0.717, 1.165) is 5.57 Å². The minimum atomic E-state index is -0.667. The molecule has 1 N–H and O–H groups in total. The van der Waals surface area contributed by atoms with Crippen LogP contribution < -0.4 is 0 Å². The molecule has 2 aliphatic heterocycles. The summed E-state index contributed by atoms with van der Waals surface area (Å²) in [4.78, 5) is 11.2. The van der Waals surface area contributed by atoms with Crippen LogP contribution in [0.3, 0.4) is 0 Å². The highest BCUT2D eigenvalue weighted by molar-refractivity contribution is 5.67. The zero-order valence-corrected chi connectivity index (χ0v) is 11.2. The zero-order valence-electron chi connectivity index (χ0n) is 11.2. The Hall–Kier alpha value is -0.950. The third kappa shape index (κ3) is 2.18. The Morgan fingerprint density at radius 2 is 2.21 bits per heavy atom. The van der Waals surface area contributed by atoms with E-state index in [1.165, 1.54) is 6.92 Å². The summed E-state index contributed by atoms with van der Waals surface area (Å²) in [6.45, 7) is 5.21. The Morgan fingerprint density at radius 1 is 1.47 bits per heavy atom. The summed E-state index contributed by atoms with van der Waals surface area (Å²) >= 11 is 0. The van der Waals surface area contributed by atoms with Crippen molar-refractivity contribution in [2.75, 3.05) is 13.2 Å². The van der Waals surface area contributed by atoms with Gasteiger partial charge in [-0.3, -0.25) is 4.79 Å². The first-order chi connectivity index (χ1) is 8.93. The number of rotatable bonds is 2. The van der Waals surface area contributed by atoms with Crippen molar-refractivity contribution in [3.05, 3.63) is 11.1 Å². The van der Waals surface area contributed by atoms with Crippen molar-refractivity contribution in [3.8, 4) is 0 Å². The second-order valence-electron chi connectivity index (χ2n) is 5.53. The number of fused-ring (bicyclic) bond motifs is 3. The van der Waals surface area contributed by atoms with E-state index in [1.54, 1.807) is 0 Å². The summed E-state index contributed by atoms with van der Waals surface area (Å²) in [5, 5.41) is 9.56. The van der Waals surface area contributed by atoms with Crippen LogP contribution in [0.4, 0.5) is 0 Å². The molecule has 0 amide bonds. The van der Waals surface area contributed by atoms with E-state index in [4.69, 9.17) is 18.9 Å². The lowest BCUT2D eigenvalue weighted by Crippen LogP contribution is -2.49. The fourth-order valence-corrected chi connectivity index (χ4v) is 2.80. The first kappa shape index (κ1) is 13.1. The average molecular weight is 270 g/mol. The molecule has 3 rings (SSSR count). The van der Waals surface area contributed by atoms with Crippen LogP contribution in [0.5, 0.6) is 0 Å². The predicted molar refractivity (Wildman–Crippen MR) is 63.2 cm³/mol. The molecule has 4 atom stereocenters. The number of carbonyl (C=O) groups excluding carboxylic acids is 1. The molecule has 106 valence electrons. The highest BCUT2D eigenvalue weighted by Gasteiger charge is 2.60. The Balaban J connectivity index is 1.92. The molecule has 6 nitrogen and oxygen atoms in total. The fraction of sp³-hybridized carbons (Fsp3) is 0.769. The number of hydrogen-bond acceptors (Lipinski definition) is 6. The Kier molecular flexibility index (Phi) is 2.94. The maximum absolute atomic E-state index is 11.2. The molecule has 2 heterocycles. The van der Waals surface area contributed by atoms with Crippen molar-refractivity contribution in [3.63, 3.8) is 0 Å². The minimum Gasteiger partial charge on any atom is -0.455 e. The van der Waals surface area contributed by atoms with Gasteiger partial charge >= 0.3 is 5.97 Å². The average Bonchev–Trinajstić information content (AvgIpc) is 3.09. The minimum absolute atomic E-state index is 0.113. The second-order valence-corrected chi connectivity index (χ2v) is 5.53. The van der Waals surface area contributed by atoms with Gasteiger partial charge in [0.2, 0.25) is 0 Å². The van der Waals surface area contributed by atoms with Gasteiger partial charge in [0.15, 0.2) is 11.9 Å². The number of esters is 1. The lowest BCUT2D eigenvalue weighted by atomic mass is 9.86. The van der Waals surface area contributed by atoms with Gasteiger partial charge in [-0.05, 0) is 19.4 Å². The van der Waals surface area contributed by atoms with Gasteiger partial charge in [-0.1, -0.05) is 0 Å². The van der Waals surface area contributed by atoms with Gasteiger partial charge < -0.3 is 24.1 Å². The molecule has 3 aliphatic rings. The summed E-state index contributed by atoms with van der Waals surface area (Å²) < 4.78 is 22.3. The highest BCUT2D eigenvalue weighted by Crippen LogP contribution is 2.46. The van der Waals surface area contributed by atoms with Gasteiger partial charge in [0.1, 0.15) is 18.3 Å². The van der Waals surface area contributed by atoms with Crippen LogP contribution in [0.2, 0.25) is 0 Å². The van der Waals surface area contributed by atoms with E-state index >= 15 is 0 Å². The van der Waals surface area contributed by atoms with E-state index in [1.807, 2.05) is 13.8 Å². The van der Waals surface area contributed by atoms with Crippen LogP contribution in [0.25, 0.3) is 0 Å². The van der Waals surface area contributed by atoms with Crippen LogP contribution in [-0.4, -0.2) is 54.5 Å². The normalized spacial score (nSPS) is 39.4. The summed E-state index contributed by atoms with van der Waals surface area (Å²) in [6.07, 6.45) is -1.07. The molecule has 0 spiro atoms. The van der Waals surface area contributed by atoms with Crippen molar-refractivity contribution in [1.29, 1.82) is 0 Å². The molecule has 0 bridgehead atoms. The monoisotopic (exact) mass is 270 g/mol. The molecular formula is C13H18O6. The summed E-state index contributed by atoms with van der Waals surface area (Å²) in [6, 6.07) is 0. The van der Waals surface area contributed by atoms with Crippen molar-refractivity contribution in [1.82, 2.24) is 0 Å². The van der Waals surface area contributed by atoms with Crippen molar-refractivity contribution in [2.24, 2.45) is 0 Å². The fourth-order valence-electron chi connectivity index (χ4n) is 2.80. The van der Waals surface area contributed by atoms with Crippen LogP contribution in [0.1, 0.15) is 20.8 Å². The topological polar surface area (TPSA) is 77.5 Å². The maximum Gasteiger partial charge on any atom is 0.303 e. The number of hydrogen-bond donors (Lipinski definition) is 1. The number of aliphatic hydroxyl groups excluding tert-OH is 1. The third-order valence-corrected chi connectivity index (χ3v) is 3.71. The van der Waals surface area contributed by atoms with E-state index in [2.05, 4.69) is 0 Å². The first-order valence-corrected chi connectivity index (χ1v) is 6.40. The number of aliphatic hydroxyl groups is 1. The number of epoxide rings is 1. The van der Waals surface area contributed by atoms with Gasteiger partial charge in [0, 0.05) is 12.5 Å². The van der Waals surface area contributed by atoms with Crippen LogP contribution >= 0.6 is 0 Å². The Labute approximate surface area is 111 Å². The van der Waals surface area contributed by atoms with Gasteiger partial charge in [-0.25, -0.2) is 0 Å². The van der Waals surface area contributed by atoms with Gasteiger partial charge in [0.25, 0.3) is 0 Å². The molecule has 0 unspecified atom stereocenters. The zero-order chi connectivity index (χ0) is 13.8. The molecule has 2 fully saturated rings. The van der Waals surface area contributed by atoms with E-state index in [9.17, 15) is 9.90 Å². The highest BCUT2D eigenvalue weighted by atomic mass is 16.7. The van der Waals surface area contributed by atoms with Crippen LogP contribution in [0, 0.1) is 0 Å². The van der Waals surface area contributed by atoms with Crippen molar-refractivity contribution >= 4 is 5.97 Å². The molecule has 1 aliphatic carbocycles. The lowest BCUT2D eigenvalue weighted by molar-refractivity contribution is -0.256.